The summed E-state index contributed by atoms with van der Waals surface area (Å²) in [6.07, 6.45) is 0. The number of rotatable bonds is 6. The summed E-state index contributed by atoms with van der Waals surface area (Å²) in [6.45, 7) is 1.92. The molecule has 26 heavy (non-hydrogen) atoms. The Morgan fingerprint density at radius 2 is 1.62 bits per heavy atom. The Morgan fingerprint density at radius 3 is 2.27 bits per heavy atom. The summed E-state index contributed by atoms with van der Waals surface area (Å²) in [4.78, 5) is 13.8. The Balaban J connectivity index is 2.00. The lowest BCUT2D eigenvalue weighted by atomic mass is 10.0. The van der Waals surface area contributed by atoms with Gasteiger partial charge >= 0.3 is 0 Å². The van der Waals surface area contributed by atoms with Crippen molar-refractivity contribution in [3.8, 4) is 17.2 Å². The number of carbonyl (C=O) groups is 1. The number of aryl methyl sites for hydroxylation is 1. The fraction of sp³-hybridized carbons (Fsp3) is 0.0952. The maximum absolute atomic E-state index is 13.2. The molecule has 3 aromatic rings. The zero-order valence-corrected chi connectivity index (χ0v) is 14.9. The van der Waals surface area contributed by atoms with Crippen LogP contribution in [0.1, 0.15) is 26.7 Å². The van der Waals surface area contributed by atoms with Crippen LogP contribution in [0.5, 0.6) is 17.2 Å². The summed E-state index contributed by atoms with van der Waals surface area (Å²) in [5, 5.41) is 23.5. The Hall–Kier alpha value is -2.92. The molecule has 0 amide bonds. The first-order valence-corrected chi connectivity index (χ1v) is 8.88. The average molecular weight is 368 g/mol. The Labute approximate surface area is 157 Å². The smallest absolute Gasteiger partial charge is 0.293 e. The van der Waals surface area contributed by atoms with Crippen molar-refractivity contribution >= 4 is 17.5 Å². The first kappa shape index (κ1) is 16.5. The lowest BCUT2D eigenvalue weighted by Crippen LogP contribution is -2.10. The van der Waals surface area contributed by atoms with Crippen molar-refractivity contribution < 1.29 is 20.1 Å². The third-order valence-electron chi connectivity index (χ3n) is 3.93. The van der Waals surface area contributed by atoms with Crippen molar-refractivity contribution in [1.82, 2.24) is 0 Å². The summed E-state index contributed by atoms with van der Waals surface area (Å²) < 4.78 is 6.96. The summed E-state index contributed by atoms with van der Waals surface area (Å²) in [5.74, 6) is 0.419. The molecule has 0 bridgehead atoms. The number of benzene rings is 3. The zero-order valence-electron chi connectivity index (χ0n) is 15.0. The summed E-state index contributed by atoms with van der Waals surface area (Å²) in [6, 6.07) is 18.0. The molecule has 132 valence electrons. The van der Waals surface area contributed by atoms with Crippen LogP contribution in [0, 0.1) is 6.92 Å². The van der Waals surface area contributed by atoms with Crippen molar-refractivity contribution in [3.63, 3.8) is 0 Å². The predicted octanol–water partition coefficient (Wildman–Crippen LogP) is 4.83. The van der Waals surface area contributed by atoms with Crippen LogP contribution < -0.4 is 0 Å². The number of carbonyl (C=O) groups excluding carboxylic acids is 1. The number of hydrogen-bond acceptors (Lipinski definition) is 5. The highest BCUT2D eigenvalue weighted by Crippen LogP contribution is 2.42. The minimum atomic E-state index is -0.609. The van der Waals surface area contributed by atoms with Crippen LogP contribution in [-0.2, 0) is 0 Å². The molecule has 0 aliphatic carbocycles. The van der Waals surface area contributed by atoms with Crippen LogP contribution in [0.15, 0.2) is 71.6 Å². The van der Waals surface area contributed by atoms with Gasteiger partial charge in [0, 0.05) is 5.56 Å². The second-order valence-electron chi connectivity index (χ2n) is 5.95. The van der Waals surface area contributed by atoms with Gasteiger partial charge in [-0.2, -0.15) is 0 Å². The molecule has 0 saturated heterocycles. The second kappa shape index (κ2) is 7.54. The van der Waals surface area contributed by atoms with Gasteiger partial charge in [-0.3, -0.25) is 4.79 Å². The predicted molar refractivity (Wildman–Crippen MR) is 102 cm³/mol. The molecule has 3 rings (SSSR count). The molecule has 0 spiro atoms. The standard InChI is InChI=1S/C21H18O4S/c1-13-2-11-18(24)19(12-13)26-21(15-5-9-17(23)10-6-15)20(25)14-3-7-16(22)8-4-14/h2-12,21-24H,1H3/i/hT. The number of phenolic OH excluding ortho intramolecular Hbond substituents is 3. The Morgan fingerprint density at radius 1 is 0.962 bits per heavy atom. The normalized spacial score (nSPS) is 12.3. The lowest BCUT2D eigenvalue weighted by molar-refractivity contribution is 0.0989. The van der Waals surface area contributed by atoms with Crippen LogP contribution in [0.3, 0.4) is 0 Å². The van der Waals surface area contributed by atoms with Gasteiger partial charge in [-0.05, 0) is 66.6 Å². The molecule has 0 heterocycles. The molecule has 1 atom stereocenters. The van der Waals surface area contributed by atoms with E-state index in [-0.39, 0.29) is 17.3 Å². The average Bonchev–Trinajstić information content (AvgIpc) is 2.69. The molecule has 3 N–H and O–H groups in total. The number of thioether (sulfide) groups is 1. The molecule has 0 aromatic heterocycles. The van der Waals surface area contributed by atoms with Gasteiger partial charge in [-0.15, -0.1) is 11.8 Å². The van der Waals surface area contributed by atoms with Gasteiger partial charge in [0.05, 0.1) is 10.1 Å². The largest absolute Gasteiger partial charge is 0.508 e. The molecule has 0 aliphatic heterocycles. The molecule has 0 saturated carbocycles. The molecule has 0 radical (unpaired) electrons. The highest BCUT2D eigenvalue weighted by molar-refractivity contribution is 8.00. The van der Waals surface area contributed by atoms with Gasteiger partial charge < -0.3 is 15.3 Å². The van der Waals surface area contributed by atoms with Gasteiger partial charge in [0.1, 0.15) is 17.2 Å². The summed E-state index contributed by atoms with van der Waals surface area (Å²) in [7, 11) is 0. The van der Waals surface area contributed by atoms with Crippen LogP contribution in [0.4, 0.5) is 0 Å². The third-order valence-corrected chi connectivity index (χ3v) is 5.24. The quantitative estimate of drug-likeness (QED) is 0.429. The third kappa shape index (κ3) is 4.00. The van der Waals surface area contributed by atoms with Crippen molar-refractivity contribution in [2.75, 3.05) is 0 Å². The number of Topliss-reactive ketones (excluding diaryl/α,β-unsaturated/α-hetero) is 1. The van der Waals surface area contributed by atoms with Gasteiger partial charge in [0.15, 0.2) is 5.78 Å². The Kier molecular flexibility index (Phi) is 4.80. The van der Waals surface area contributed by atoms with Crippen LogP contribution >= 0.6 is 11.8 Å². The van der Waals surface area contributed by atoms with Gasteiger partial charge in [-0.1, -0.05) is 18.2 Å². The van der Waals surface area contributed by atoms with Gasteiger partial charge in [0.2, 0.25) is 0 Å². The topological polar surface area (TPSA) is 77.8 Å². The molecule has 0 fully saturated rings. The van der Waals surface area contributed by atoms with E-state index in [4.69, 9.17) is 1.43 Å². The van der Waals surface area contributed by atoms with E-state index in [1.54, 1.807) is 48.5 Å². The van der Waals surface area contributed by atoms with E-state index in [9.17, 15) is 15.0 Å². The zero-order chi connectivity index (χ0) is 19.4. The number of aromatic hydroxyl groups is 3. The van der Waals surface area contributed by atoms with Crippen LogP contribution in [-0.4, -0.2) is 22.5 Å². The van der Waals surface area contributed by atoms with E-state index in [0.29, 0.717) is 16.2 Å². The first-order chi connectivity index (χ1) is 13.0. The maximum Gasteiger partial charge on any atom is 0.293 e. The van der Waals surface area contributed by atoms with E-state index < -0.39 is 5.25 Å². The van der Waals surface area contributed by atoms with E-state index in [1.807, 2.05) is 13.0 Å². The van der Waals surface area contributed by atoms with Gasteiger partial charge in [-0.25, -0.2) is 0 Å². The first-order valence-electron chi connectivity index (χ1n) is 8.41. The molecule has 1 unspecified atom stereocenters. The fourth-order valence-corrected chi connectivity index (χ4v) is 3.77. The van der Waals surface area contributed by atoms with Gasteiger partial charge in [0.25, 0.3) is 1.43 Å². The molecule has 0 aliphatic rings. The summed E-state index contributed by atoms with van der Waals surface area (Å²) >= 11 is 1.25. The minimum Gasteiger partial charge on any atom is -0.508 e. The molecular formula is C21H18O4S. The molecule has 4 nitrogen and oxygen atoms in total. The fourth-order valence-electron chi connectivity index (χ4n) is 2.54. The van der Waals surface area contributed by atoms with Crippen molar-refractivity contribution in [1.29, 1.82) is 1.43 Å². The van der Waals surface area contributed by atoms with Crippen LogP contribution in [0.2, 0.25) is 0 Å². The number of phenols is 3. The Bertz CT molecular complexity index is 939. The second-order valence-corrected chi connectivity index (χ2v) is 7.10. The van der Waals surface area contributed by atoms with Crippen molar-refractivity contribution in [2.45, 2.75) is 17.1 Å². The van der Waals surface area contributed by atoms with Crippen molar-refractivity contribution in [2.24, 2.45) is 0 Å². The van der Waals surface area contributed by atoms with E-state index in [2.05, 4.69) is 5.11 Å². The monoisotopic (exact) mass is 368 g/mol. The van der Waals surface area contributed by atoms with Crippen molar-refractivity contribution in [3.05, 3.63) is 83.4 Å². The molecule has 3 aromatic carbocycles. The molecular weight excluding hydrogens is 348 g/mol. The number of ketones is 1. The minimum absolute atomic E-state index is 0.0871. The highest BCUT2D eigenvalue weighted by atomic mass is 32.2. The number of hydrogen-bond donors (Lipinski definition) is 3. The molecule has 5 heteroatoms. The van der Waals surface area contributed by atoms with E-state index in [1.165, 1.54) is 23.9 Å². The van der Waals surface area contributed by atoms with E-state index in [0.717, 1.165) is 11.1 Å². The maximum atomic E-state index is 13.2. The summed E-state index contributed by atoms with van der Waals surface area (Å²) in [5.41, 5.74) is 2.15. The highest BCUT2D eigenvalue weighted by Gasteiger charge is 2.24. The lowest BCUT2D eigenvalue weighted by Gasteiger charge is -2.17. The van der Waals surface area contributed by atoms with E-state index >= 15 is 0 Å². The van der Waals surface area contributed by atoms with Crippen LogP contribution in [0.25, 0.3) is 0 Å². The SMILES string of the molecule is [3H]Oc1ccc(C(Sc2cc(C)ccc2O)C(=O)c2ccc(O)cc2)cc1.